The Morgan fingerprint density at radius 2 is 2.19 bits per heavy atom. The number of anilines is 2. The minimum absolute atomic E-state index is 0.00885. The van der Waals surface area contributed by atoms with Crippen molar-refractivity contribution in [1.29, 1.82) is 0 Å². The fraction of sp³-hybridized carbons (Fsp3) is 0.471. The molecule has 2 aromatic rings. The van der Waals surface area contributed by atoms with E-state index in [1.807, 2.05) is 0 Å². The van der Waals surface area contributed by atoms with E-state index in [9.17, 15) is 8.60 Å². The SMILES string of the molecule is O=S(Nc1nccs1)c1cc(Cl)c(NCCCCNC[C@@H]2CCN2)cc1F. The van der Waals surface area contributed by atoms with Gasteiger partial charge in [-0.1, -0.05) is 11.6 Å². The Bertz CT molecular complexity index is 758. The van der Waals surface area contributed by atoms with E-state index in [1.165, 1.54) is 29.9 Å². The molecule has 10 heteroatoms. The quantitative estimate of drug-likeness (QED) is 0.411. The van der Waals surface area contributed by atoms with E-state index in [-0.39, 0.29) is 4.90 Å². The van der Waals surface area contributed by atoms with E-state index in [2.05, 4.69) is 25.7 Å². The summed E-state index contributed by atoms with van der Waals surface area (Å²) < 4.78 is 29.3. The number of hydrogen-bond acceptors (Lipinski definition) is 6. The molecule has 0 bridgehead atoms. The molecular weight excluding hydrogens is 409 g/mol. The number of benzene rings is 1. The van der Waals surface area contributed by atoms with Gasteiger partial charge in [-0.05, 0) is 44.5 Å². The molecular formula is C17H23ClFN5OS2. The largest absolute Gasteiger partial charge is 0.384 e. The third-order valence-electron chi connectivity index (χ3n) is 4.25. The average molecular weight is 432 g/mol. The van der Waals surface area contributed by atoms with Crippen LogP contribution in [-0.2, 0) is 11.0 Å². The van der Waals surface area contributed by atoms with Crippen LogP contribution < -0.4 is 20.7 Å². The van der Waals surface area contributed by atoms with Gasteiger partial charge in [-0.3, -0.25) is 4.72 Å². The summed E-state index contributed by atoms with van der Waals surface area (Å²) >= 11 is 7.52. The van der Waals surface area contributed by atoms with Gasteiger partial charge in [-0.15, -0.1) is 11.3 Å². The van der Waals surface area contributed by atoms with Crippen molar-refractivity contribution in [2.45, 2.75) is 30.2 Å². The van der Waals surface area contributed by atoms with Gasteiger partial charge in [0, 0.05) is 30.7 Å². The van der Waals surface area contributed by atoms with E-state index >= 15 is 0 Å². The van der Waals surface area contributed by atoms with Crippen LogP contribution in [0.4, 0.5) is 15.2 Å². The molecule has 0 aliphatic carbocycles. The number of hydrogen-bond donors (Lipinski definition) is 4. The standard InChI is InChI=1S/C17H23ClFN5OS2/c18-13-9-16(27(25)24-17-23-7-8-26-17)14(19)10-15(13)22-5-2-1-4-20-11-12-3-6-21-12/h7-10,12,20-22H,1-6,11H2,(H,23,24)/t12-,27?/m0/s1. The summed E-state index contributed by atoms with van der Waals surface area (Å²) in [6.07, 6.45) is 4.81. The van der Waals surface area contributed by atoms with Crippen molar-refractivity contribution in [2.75, 3.05) is 36.2 Å². The molecule has 2 atom stereocenters. The zero-order valence-corrected chi connectivity index (χ0v) is 17.2. The van der Waals surface area contributed by atoms with Crippen LogP contribution in [0.15, 0.2) is 28.6 Å². The number of nitrogens with one attached hydrogen (secondary N) is 4. The summed E-state index contributed by atoms with van der Waals surface area (Å²) in [6.45, 7) is 3.80. The maximum atomic E-state index is 14.3. The molecule has 0 radical (unpaired) electrons. The van der Waals surface area contributed by atoms with Crippen LogP contribution in [0.5, 0.6) is 0 Å². The lowest BCUT2D eigenvalue weighted by Gasteiger charge is -2.27. The molecule has 6 nitrogen and oxygen atoms in total. The van der Waals surface area contributed by atoms with Crippen LogP contribution in [0.25, 0.3) is 0 Å². The molecule has 27 heavy (non-hydrogen) atoms. The molecule has 0 saturated carbocycles. The predicted octanol–water partition coefficient (Wildman–Crippen LogP) is 3.21. The summed E-state index contributed by atoms with van der Waals surface area (Å²) in [5.41, 5.74) is 0.510. The number of halogens is 2. The number of thiazole rings is 1. The van der Waals surface area contributed by atoms with Gasteiger partial charge in [0.2, 0.25) is 0 Å². The van der Waals surface area contributed by atoms with Gasteiger partial charge in [-0.25, -0.2) is 13.6 Å². The molecule has 1 unspecified atom stereocenters. The smallest absolute Gasteiger partial charge is 0.194 e. The average Bonchev–Trinajstić information content (AvgIpc) is 3.11. The maximum absolute atomic E-state index is 14.3. The zero-order chi connectivity index (χ0) is 19.1. The summed E-state index contributed by atoms with van der Waals surface area (Å²) in [6, 6.07) is 3.31. The van der Waals surface area contributed by atoms with Crippen molar-refractivity contribution < 1.29 is 8.60 Å². The molecule has 2 heterocycles. The molecule has 1 aliphatic rings. The van der Waals surface area contributed by atoms with Crippen molar-refractivity contribution >= 4 is 44.7 Å². The topological polar surface area (TPSA) is 78.1 Å². The first kappa shape index (κ1) is 20.5. The van der Waals surface area contributed by atoms with Crippen LogP contribution in [0.1, 0.15) is 19.3 Å². The Balaban J connectivity index is 1.42. The number of aromatic nitrogens is 1. The second-order valence-corrected chi connectivity index (χ2v) is 8.73. The van der Waals surface area contributed by atoms with E-state index in [1.54, 1.807) is 11.6 Å². The Morgan fingerprint density at radius 3 is 2.89 bits per heavy atom. The number of rotatable bonds is 11. The fourth-order valence-electron chi connectivity index (χ4n) is 2.61. The normalized spacial score (nSPS) is 17.3. The highest BCUT2D eigenvalue weighted by Gasteiger charge is 2.16. The highest BCUT2D eigenvalue weighted by atomic mass is 35.5. The summed E-state index contributed by atoms with van der Waals surface area (Å²) in [5, 5.41) is 12.5. The third-order valence-corrected chi connectivity index (χ3v) is 6.47. The molecule has 0 amide bonds. The lowest BCUT2D eigenvalue weighted by molar-refractivity contribution is 0.353. The van der Waals surface area contributed by atoms with E-state index in [4.69, 9.17) is 11.6 Å². The predicted molar refractivity (Wildman–Crippen MR) is 111 cm³/mol. The minimum atomic E-state index is -1.76. The summed E-state index contributed by atoms with van der Waals surface area (Å²) in [5.74, 6) is -0.570. The number of nitrogens with zero attached hydrogens (tertiary/aromatic N) is 1. The van der Waals surface area contributed by atoms with Gasteiger partial charge >= 0.3 is 0 Å². The summed E-state index contributed by atoms with van der Waals surface area (Å²) in [4.78, 5) is 3.99. The Hall–Kier alpha value is -1.26. The van der Waals surface area contributed by atoms with Crippen molar-refractivity contribution in [3.8, 4) is 0 Å². The zero-order valence-electron chi connectivity index (χ0n) is 14.8. The molecule has 3 rings (SSSR count). The summed E-state index contributed by atoms with van der Waals surface area (Å²) in [7, 11) is -1.76. The van der Waals surface area contributed by atoms with Crippen molar-refractivity contribution in [3.05, 3.63) is 34.5 Å². The molecule has 1 aromatic heterocycles. The van der Waals surface area contributed by atoms with E-state index < -0.39 is 16.8 Å². The van der Waals surface area contributed by atoms with Gasteiger partial charge in [-0.2, -0.15) is 0 Å². The van der Waals surface area contributed by atoms with Gasteiger partial charge in [0.05, 0.1) is 15.6 Å². The second kappa shape index (κ2) is 10.3. The van der Waals surface area contributed by atoms with Crippen LogP contribution in [-0.4, -0.2) is 41.4 Å². The van der Waals surface area contributed by atoms with E-state index in [0.29, 0.717) is 28.4 Å². The lowest BCUT2D eigenvalue weighted by Crippen LogP contribution is -2.49. The van der Waals surface area contributed by atoms with Crippen molar-refractivity contribution in [2.24, 2.45) is 0 Å². The highest BCUT2D eigenvalue weighted by molar-refractivity contribution is 7.86. The van der Waals surface area contributed by atoms with E-state index in [0.717, 1.165) is 32.5 Å². The van der Waals surface area contributed by atoms with Gasteiger partial charge < -0.3 is 16.0 Å². The second-order valence-electron chi connectivity index (χ2n) is 6.25. The molecule has 148 valence electrons. The minimum Gasteiger partial charge on any atom is -0.384 e. The van der Waals surface area contributed by atoms with Gasteiger partial charge in [0.25, 0.3) is 0 Å². The van der Waals surface area contributed by atoms with Crippen LogP contribution in [0.3, 0.4) is 0 Å². The lowest BCUT2D eigenvalue weighted by atomic mass is 10.1. The van der Waals surface area contributed by atoms with Crippen molar-refractivity contribution in [3.63, 3.8) is 0 Å². The van der Waals surface area contributed by atoms with Crippen LogP contribution >= 0.6 is 22.9 Å². The van der Waals surface area contributed by atoms with Gasteiger partial charge in [0.1, 0.15) is 5.82 Å². The highest BCUT2D eigenvalue weighted by Crippen LogP contribution is 2.28. The molecule has 1 aliphatic heterocycles. The number of unbranched alkanes of at least 4 members (excludes halogenated alkanes) is 1. The maximum Gasteiger partial charge on any atom is 0.194 e. The third kappa shape index (κ3) is 6.11. The Kier molecular flexibility index (Phi) is 7.83. The first-order chi connectivity index (χ1) is 13.1. The molecule has 1 saturated heterocycles. The van der Waals surface area contributed by atoms with Crippen LogP contribution in [0.2, 0.25) is 5.02 Å². The van der Waals surface area contributed by atoms with Gasteiger partial charge in [0.15, 0.2) is 16.1 Å². The van der Waals surface area contributed by atoms with Crippen molar-refractivity contribution in [1.82, 2.24) is 15.6 Å². The molecule has 0 spiro atoms. The fourth-order valence-corrected chi connectivity index (χ4v) is 4.48. The van der Waals surface area contributed by atoms with Crippen LogP contribution in [0, 0.1) is 5.82 Å². The monoisotopic (exact) mass is 431 g/mol. The Morgan fingerprint density at radius 1 is 1.37 bits per heavy atom. The first-order valence-corrected chi connectivity index (χ1v) is 11.3. The Labute approximate surface area is 169 Å². The molecule has 4 N–H and O–H groups in total. The first-order valence-electron chi connectivity index (χ1n) is 8.88. The molecule has 1 fully saturated rings. The molecule has 1 aromatic carbocycles.